The molecule has 146 valence electrons. The number of nitrogens with one attached hydrogen (secondary N) is 1. The maximum Gasteiger partial charge on any atom is 0.251 e. The summed E-state index contributed by atoms with van der Waals surface area (Å²) in [4.78, 5) is 31.1. The highest BCUT2D eigenvalue weighted by molar-refractivity contribution is 5.85. The minimum Gasteiger partial charge on any atom is -0.371 e. The Kier molecular flexibility index (Phi) is 5.69. The molecule has 3 fully saturated rings. The SMILES string of the molecule is O=C(N[C@H]1CCCO[C@@H]1c1ccncc1)[C@@H]1CC[C@H](C(=O)N2CCCC2)O1. The lowest BCUT2D eigenvalue weighted by molar-refractivity contribution is -0.146. The van der Waals surface area contributed by atoms with Gasteiger partial charge in [-0.25, -0.2) is 0 Å². The maximum atomic E-state index is 12.8. The van der Waals surface area contributed by atoms with Crippen LogP contribution in [-0.2, 0) is 19.1 Å². The van der Waals surface area contributed by atoms with Gasteiger partial charge in [0.2, 0.25) is 5.91 Å². The van der Waals surface area contributed by atoms with Gasteiger partial charge in [-0.15, -0.1) is 0 Å². The zero-order valence-electron chi connectivity index (χ0n) is 15.5. The van der Waals surface area contributed by atoms with Gasteiger partial charge in [0.05, 0.1) is 6.04 Å². The van der Waals surface area contributed by atoms with E-state index in [1.165, 1.54) is 0 Å². The lowest BCUT2D eigenvalue weighted by Crippen LogP contribution is -2.47. The number of hydrogen-bond donors (Lipinski definition) is 1. The van der Waals surface area contributed by atoms with E-state index in [9.17, 15) is 9.59 Å². The van der Waals surface area contributed by atoms with Crippen LogP contribution in [0.15, 0.2) is 24.5 Å². The smallest absolute Gasteiger partial charge is 0.251 e. The standard InChI is InChI=1S/C20H27N3O4/c24-19(16-5-6-17(27-16)20(25)23-11-1-2-12-23)22-15-4-3-13-26-18(15)14-7-9-21-10-8-14/h7-10,15-18H,1-6,11-13H2,(H,22,24)/t15-,16-,17+,18+/m0/s1. The minimum atomic E-state index is -0.554. The van der Waals surface area contributed by atoms with Gasteiger partial charge in [0.25, 0.3) is 5.91 Å². The topological polar surface area (TPSA) is 80.8 Å². The van der Waals surface area contributed by atoms with E-state index in [2.05, 4.69) is 10.3 Å². The molecule has 4 heterocycles. The lowest BCUT2D eigenvalue weighted by Gasteiger charge is -2.33. The average Bonchev–Trinajstić information content (AvgIpc) is 3.41. The number of carbonyl (C=O) groups excluding carboxylic acids is 2. The highest BCUT2D eigenvalue weighted by Gasteiger charge is 2.39. The third kappa shape index (κ3) is 4.14. The van der Waals surface area contributed by atoms with E-state index in [4.69, 9.17) is 9.47 Å². The van der Waals surface area contributed by atoms with Crippen LogP contribution in [0.5, 0.6) is 0 Å². The van der Waals surface area contributed by atoms with E-state index in [-0.39, 0.29) is 24.0 Å². The molecule has 0 aliphatic carbocycles. The number of likely N-dealkylation sites (tertiary alicyclic amines) is 1. The van der Waals surface area contributed by atoms with Crippen molar-refractivity contribution in [1.82, 2.24) is 15.2 Å². The van der Waals surface area contributed by atoms with E-state index in [1.54, 1.807) is 12.4 Å². The summed E-state index contributed by atoms with van der Waals surface area (Å²) in [6, 6.07) is 3.75. The highest BCUT2D eigenvalue weighted by atomic mass is 16.5. The van der Waals surface area contributed by atoms with Crippen LogP contribution in [0.25, 0.3) is 0 Å². The third-order valence-electron chi connectivity index (χ3n) is 5.69. The van der Waals surface area contributed by atoms with Crippen LogP contribution >= 0.6 is 0 Å². The van der Waals surface area contributed by atoms with Gasteiger partial charge >= 0.3 is 0 Å². The quantitative estimate of drug-likeness (QED) is 0.867. The molecule has 0 spiro atoms. The van der Waals surface area contributed by atoms with Crippen molar-refractivity contribution in [3.8, 4) is 0 Å². The summed E-state index contributed by atoms with van der Waals surface area (Å²) in [7, 11) is 0. The molecule has 2 amide bonds. The number of carbonyl (C=O) groups is 2. The van der Waals surface area contributed by atoms with Crippen LogP contribution in [0.3, 0.4) is 0 Å². The summed E-state index contributed by atoms with van der Waals surface area (Å²) >= 11 is 0. The first-order valence-electron chi connectivity index (χ1n) is 9.98. The summed E-state index contributed by atoms with van der Waals surface area (Å²) in [5.41, 5.74) is 1.02. The Morgan fingerprint density at radius 2 is 1.78 bits per heavy atom. The van der Waals surface area contributed by atoms with E-state index in [0.717, 1.165) is 44.3 Å². The van der Waals surface area contributed by atoms with Crippen molar-refractivity contribution in [2.45, 2.75) is 62.9 Å². The zero-order chi connectivity index (χ0) is 18.6. The van der Waals surface area contributed by atoms with Crippen molar-refractivity contribution in [3.05, 3.63) is 30.1 Å². The molecule has 7 nitrogen and oxygen atoms in total. The molecule has 4 atom stereocenters. The Labute approximate surface area is 159 Å². The fourth-order valence-electron chi connectivity index (χ4n) is 4.24. The van der Waals surface area contributed by atoms with Crippen LogP contribution in [0, 0.1) is 0 Å². The van der Waals surface area contributed by atoms with Crippen molar-refractivity contribution >= 4 is 11.8 Å². The Hall–Kier alpha value is -1.99. The van der Waals surface area contributed by atoms with Crippen LogP contribution in [0.2, 0.25) is 0 Å². The van der Waals surface area contributed by atoms with Gasteiger partial charge in [-0.3, -0.25) is 14.6 Å². The van der Waals surface area contributed by atoms with E-state index < -0.39 is 12.2 Å². The second-order valence-electron chi connectivity index (χ2n) is 7.55. The number of amides is 2. The van der Waals surface area contributed by atoms with Crippen molar-refractivity contribution < 1.29 is 19.1 Å². The van der Waals surface area contributed by atoms with Crippen molar-refractivity contribution in [2.75, 3.05) is 19.7 Å². The summed E-state index contributed by atoms with van der Waals surface area (Å²) < 4.78 is 11.7. The molecule has 0 aromatic carbocycles. The van der Waals surface area contributed by atoms with Crippen LogP contribution < -0.4 is 5.32 Å². The zero-order valence-corrected chi connectivity index (χ0v) is 15.5. The molecule has 3 aliphatic heterocycles. The molecular formula is C20H27N3O4. The normalized spacial score (nSPS) is 31.0. The predicted molar refractivity (Wildman–Crippen MR) is 97.8 cm³/mol. The largest absolute Gasteiger partial charge is 0.371 e. The molecule has 1 N–H and O–H groups in total. The van der Waals surface area contributed by atoms with Crippen molar-refractivity contribution in [2.24, 2.45) is 0 Å². The van der Waals surface area contributed by atoms with E-state index >= 15 is 0 Å². The first kappa shape index (κ1) is 18.4. The van der Waals surface area contributed by atoms with Crippen LogP contribution in [-0.4, -0.2) is 59.6 Å². The van der Waals surface area contributed by atoms with Gasteiger partial charge in [-0.2, -0.15) is 0 Å². The first-order valence-corrected chi connectivity index (χ1v) is 9.98. The molecule has 0 radical (unpaired) electrons. The third-order valence-corrected chi connectivity index (χ3v) is 5.69. The molecule has 27 heavy (non-hydrogen) atoms. The second kappa shape index (κ2) is 8.35. The van der Waals surface area contributed by atoms with Crippen molar-refractivity contribution in [1.29, 1.82) is 0 Å². The lowest BCUT2D eigenvalue weighted by atomic mass is 9.96. The number of aromatic nitrogens is 1. The molecule has 7 heteroatoms. The molecule has 3 aliphatic rings. The number of nitrogens with zero attached hydrogens (tertiary/aromatic N) is 2. The predicted octanol–water partition coefficient (Wildman–Crippen LogP) is 1.59. The Bertz CT molecular complexity index is 662. The summed E-state index contributed by atoms with van der Waals surface area (Å²) in [6.45, 7) is 2.30. The Balaban J connectivity index is 1.35. The molecule has 4 rings (SSSR count). The summed E-state index contributed by atoms with van der Waals surface area (Å²) in [5, 5.41) is 3.10. The Morgan fingerprint density at radius 3 is 2.56 bits per heavy atom. The monoisotopic (exact) mass is 373 g/mol. The molecular weight excluding hydrogens is 346 g/mol. The number of ether oxygens (including phenoxy) is 2. The molecule has 0 saturated carbocycles. The molecule has 1 aromatic heterocycles. The molecule has 0 bridgehead atoms. The van der Waals surface area contributed by atoms with E-state index in [0.29, 0.717) is 19.4 Å². The molecule has 1 aromatic rings. The fraction of sp³-hybridized carbons (Fsp3) is 0.650. The second-order valence-corrected chi connectivity index (χ2v) is 7.55. The number of pyridine rings is 1. The van der Waals surface area contributed by atoms with Crippen LogP contribution in [0.1, 0.15) is 50.2 Å². The van der Waals surface area contributed by atoms with Crippen molar-refractivity contribution in [3.63, 3.8) is 0 Å². The fourth-order valence-corrected chi connectivity index (χ4v) is 4.24. The summed E-state index contributed by atoms with van der Waals surface area (Å²) in [5.74, 6) is -0.0975. The van der Waals surface area contributed by atoms with Gasteiger partial charge in [0.15, 0.2) is 0 Å². The summed E-state index contributed by atoms with van der Waals surface area (Å²) in [6.07, 6.45) is 7.36. The number of hydrogen-bond acceptors (Lipinski definition) is 5. The highest BCUT2D eigenvalue weighted by Crippen LogP contribution is 2.29. The van der Waals surface area contributed by atoms with Gasteiger partial charge in [0, 0.05) is 32.1 Å². The molecule has 3 saturated heterocycles. The van der Waals surface area contributed by atoms with Gasteiger partial charge in [-0.1, -0.05) is 0 Å². The van der Waals surface area contributed by atoms with Crippen LogP contribution in [0.4, 0.5) is 0 Å². The van der Waals surface area contributed by atoms with Gasteiger partial charge < -0.3 is 19.7 Å². The maximum absolute atomic E-state index is 12.8. The van der Waals surface area contributed by atoms with Gasteiger partial charge in [0.1, 0.15) is 18.3 Å². The molecule has 0 unspecified atom stereocenters. The Morgan fingerprint density at radius 1 is 1.04 bits per heavy atom. The van der Waals surface area contributed by atoms with Gasteiger partial charge in [-0.05, 0) is 56.2 Å². The van der Waals surface area contributed by atoms with E-state index in [1.807, 2.05) is 17.0 Å². The first-order chi connectivity index (χ1) is 13.2. The minimum absolute atomic E-state index is 0.0402. The average molecular weight is 373 g/mol. The number of rotatable bonds is 4.